The summed E-state index contributed by atoms with van der Waals surface area (Å²) in [6.07, 6.45) is 0. The molecule has 2 unspecified atom stereocenters. The molecule has 4 heteroatoms. The van der Waals surface area contributed by atoms with Gasteiger partial charge in [-0.15, -0.1) is 0 Å². The normalized spacial score (nSPS) is 33.9. The third-order valence-electron chi connectivity index (χ3n) is 2.77. The number of nitrogens with zero attached hydrogens (tertiary/aromatic N) is 1. The summed E-state index contributed by atoms with van der Waals surface area (Å²) in [5.41, 5.74) is 5.28. The molecular formula is C8H14N2O2. The third kappa shape index (κ3) is 1.21. The molecule has 4 nitrogen and oxygen atoms in total. The molecule has 1 amide bonds. The maximum atomic E-state index is 11.2. The Kier molecular flexibility index (Phi) is 2.02. The number of fused-ring (bicyclic) bond motifs is 1. The van der Waals surface area contributed by atoms with Gasteiger partial charge in [0, 0.05) is 24.9 Å². The minimum Gasteiger partial charge on any atom is -0.381 e. The first-order chi connectivity index (χ1) is 5.81. The van der Waals surface area contributed by atoms with Gasteiger partial charge in [-0.1, -0.05) is 0 Å². The molecule has 0 aromatic rings. The Bertz CT molecular complexity index is 183. The summed E-state index contributed by atoms with van der Waals surface area (Å²) in [4.78, 5) is 13.1. The van der Waals surface area contributed by atoms with Gasteiger partial charge < -0.3 is 15.4 Å². The highest BCUT2D eigenvalue weighted by atomic mass is 16.5. The second-order valence-corrected chi connectivity index (χ2v) is 3.56. The highest BCUT2D eigenvalue weighted by Gasteiger charge is 2.38. The molecule has 2 saturated heterocycles. The van der Waals surface area contributed by atoms with Gasteiger partial charge in [0.05, 0.1) is 19.8 Å². The van der Waals surface area contributed by atoms with Crippen LogP contribution in [0.25, 0.3) is 0 Å². The highest BCUT2D eigenvalue weighted by molar-refractivity contribution is 5.78. The molecule has 2 atom stereocenters. The van der Waals surface area contributed by atoms with Gasteiger partial charge in [0.2, 0.25) is 5.91 Å². The van der Waals surface area contributed by atoms with Crippen LogP contribution in [0.5, 0.6) is 0 Å². The topological polar surface area (TPSA) is 55.6 Å². The summed E-state index contributed by atoms with van der Waals surface area (Å²) >= 11 is 0. The summed E-state index contributed by atoms with van der Waals surface area (Å²) in [6, 6.07) is 0. The van der Waals surface area contributed by atoms with Gasteiger partial charge in [-0.2, -0.15) is 0 Å². The summed E-state index contributed by atoms with van der Waals surface area (Å²) in [5.74, 6) is 1.21. The summed E-state index contributed by atoms with van der Waals surface area (Å²) in [5, 5.41) is 0. The third-order valence-corrected chi connectivity index (χ3v) is 2.77. The van der Waals surface area contributed by atoms with Crippen LogP contribution in [0.3, 0.4) is 0 Å². The Morgan fingerprint density at radius 2 is 2.00 bits per heavy atom. The number of carbonyl (C=O) groups is 1. The lowest BCUT2D eigenvalue weighted by molar-refractivity contribution is -0.129. The smallest absolute Gasteiger partial charge is 0.236 e. The Balaban J connectivity index is 1.94. The monoisotopic (exact) mass is 170 g/mol. The van der Waals surface area contributed by atoms with Crippen molar-refractivity contribution in [2.75, 3.05) is 32.8 Å². The number of nitrogens with two attached hydrogens (primary N) is 1. The van der Waals surface area contributed by atoms with E-state index in [1.54, 1.807) is 0 Å². The Labute approximate surface area is 71.7 Å². The van der Waals surface area contributed by atoms with Crippen molar-refractivity contribution in [3.8, 4) is 0 Å². The van der Waals surface area contributed by atoms with Crippen LogP contribution in [0.2, 0.25) is 0 Å². The van der Waals surface area contributed by atoms with E-state index in [-0.39, 0.29) is 12.5 Å². The fraction of sp³-hybridized carbons (Fsp3) is 0.875. The second kappa shape index (κ2) is 3.03. The number of carbonyl (C=O) groups excluding carboxylic acids is 1. The number of hydrogen-bond donors (Lipinski definition) is 1. The van der Waals surface area contributed by atoms with Crippen molar-refractivity contribution in [2.45, 2.75) is 0 Å². The van der Waals surface area contributed by atoms with E-state index >= 15 is 0 Å². The summed E-state index contributed by atoms with van der Waals surface area (Å²) in [6.45, 7) is 3.47. The van der Waals surface area contributed by atoms with Crippen molar-refractivity contribution in [3.63, 3.8) is 0 Å². The fourth-order valence-electron chi connectivity index (χ4n) is 2.02. The number of ether oxygens (including phenoxy) is 1. The molecule has 2 aliphatic rings. The molecule has 0 aromatic heterocycles. The number of likely N-dealkylation sites (tertiary alicyclic amines) is 1. The van der Waals surface area contributed by atoms with Gasteiger partial charge in [-0.05, 0) is 0 Å². The minimum absolute atomic E-state index is 0.0735. The lowest BCUT2D eigenvalue weighted by atomic mass is 10.0. The maximum absolute atomic E-state index is 11.2. The lowest BCUT2D eigenvalue weighted by Crippen LogP contribution is -2.35. The zero-order valence-electron chi connectivity index (χ0n) is 7.03. The molecule has 0 spiro atoms. The largest absolute Gasteiger partial charge is 0.381 e. The fourth-order valence-corrected chi connectivity index (χ4v) is 2.02. The van der Waals surface area contributed by atoms with Crippen molar-refractivity contribution in [1.29, 1.82) is 0 Å². The van der Waals surface area contributed by atoms with E-state index < -0.39 is 0 Å². The minimum atomic E-state index is 0.0735. The van der Waals surface area contributed by atoms with E-state index in [4.69, 9.17) is 10.5 Å². The van der Waals surface area contributed by atoms with Crippen LogP contribution in [-0.4, -0.2) is 43.7 Å². The van der Waals surface area contributed by atoms with Gasteiger partial charge in [0.15, 0.2) is 0 Å². The van der Waals surface area contributed by atoms with Crippen molar-refractivity contribution in [2.24, 2.45) is 17.6 Å². The quantitative estimate of drug-likeness (QED) is 0.552. The molecule has 2 rings (SSSR count). The predicted molar refractivity (Wildman–Crippen MR) is 43.4 cm³/mol. The van der Waals surface area contributed by atoms with Gasteiger partial charge in [-0.3, -0.25) is 4.79 Å². The van der Waals surface area contributed by atoms with Crippen LogP contribution < -0.4 is 5.73 Å². The van der Waals surface area contributed by atoms with E-state index in [1.165, 1.54) is 0 Å². The molecule has 2 aliphatic heterocycles. The Hall–Kier alpha value is -0.610. The Morgan fingerprint density at radius 1 is 1.42 bits per heavy atom. The first-order valence-electron chi connectivity index (χ1n) is 4.37. The highest BCUT2D eigenvalue weighted by Crippen LogP contribution is 2.28. The summed E-state index contributed by atoms with van der Waals surface area (Å²) in [7, 11) is 0. The van der Waals surface area contributed by atoms with Gasteiger partial charge in [-0.25, -0.2) is 0 Å². The molecular weight excluding hydrogens is 156 g/mol. The van der Waals surface area contributed by atoms with E-state index in [1.807, 2.05) is 4.90 Å². The first kappa shape index (κ1) is 8.01. The molecule has 0 aliphatic carbocycles. The van der Waals surface area contributed by atoms with Crippen LogP contribution in [0, 0.1) is 11.8 Å². The molecule has 0 radical (unpaired) electrons. The average molecular weight is 170 g/mol. The molecule has 0 aromatic carbocycles. The SMILES string of the molecule is NCC(=O)N1CC2COCC2C1. The van der Waals surface area contributed by atoms with Gasteiger partial charge >= 0.3 is 0 Å². The van der Waals surface area contributed by atoms with Gasteiger partial charge in [0.1, 0.15) is 0 Å². The Morgan fingerprint density at radius 3 is 2.50 bits per heavy atom. The van der Waals surface area contributed by atoms with Crippen molar-refractivity contribution in [1.82, 2.24) is 4.90 Å². The molecule has 2 N–H and O–H groups in total. The molecule has 12 heavy (non-hydrogen) atoms. The number of rotatable bonds is 1. The second-order valence-electron chi connectivity index (χ2n) is 3.56. The van der Waals surface area contributed by atoms with E-state index in [2.05, 4.69) is 0 Å². The number of amides is 1. The van der Waals surface area contributed by atoms with E-state index in [0.717, 1.165) is 26.3 Å². The first-order valence-corrected chi connectivity index (χ1v) is 4.37. The van der Waals surface area contributed by atoms with E-state index in [9.17, 15) is 4.79 Å². The van der Waals surface area contributed by atoms with Crippen LogP contribution in [0.15, 0.2) is 0 Å². The number of hydrogen-bond acceptors (Lipinski definition) is 3. The van der Waals surface area contributed by atoms with Crippen molar-refractivity contribution >= 4 is 5.91 Å². The molecule has 2 heterocycles. The molecule has 2 fully saturated rings. The lowest BCUT2D eigenvalue weighted by Gasteiger charge is -2.15. The van der Waals surface area contributed by atoms with Crippen molar-refractivity contribution < 1.29 is 9.53 Å². The zero-order valence-corrected chi connectivity index (χ0v) is 7.03. The summed E-state index contributed by atoms with van der Waals surface area (Å²) < 4.78 is 5.30. The van der Waals surface area contributed by atoms with Crippen LogP contribution >= 0.6 is 0 Å². The van der Waals surface area contributed by atoms with Crippen LogP contribution in [0.4, 0.5) is 0 Å². The van der Waals surface area contributed by atoms with Crippen LogP contribution in [0.1, 0.15) is 0 Å². The van der Waals surface area contributed by atoms with Crippen molar-refractivity contribution in [3.05, 3.63) is 0 Å². The van der Waals surface area contributed by atoms with Gasteiger partial charge in [0.25, 0.3) is 0 Å². The van der Waals surface area contributed by atoms with E-state index in [0.29, 0.717) is 11.8 Å². The average Bonchev–Trinajstić information content (AvgIpc) is 2.60. The zero-order chi connectivity index (χ0) is 8.55. The molecule has 0 bridgehead atoms. The standard InChI is InChI=1S/C8H14N2O2/c9-1-8(11)10-2-6-4-12-5-7(6)3-10/h6-7H,1-5,9H2. The molecule has 0 saturated carbocycles. The van der Waals surface area contributed by atoms with Crippen LogP contribution in [-0.2, 0) is 9.53 Å². The maximum Gasteiger partial charge on any atom is 0.236 e. The predicted octanol–water partition coefficient (Wildman–Crippen LogP) is -0.950. The molecule has 68 valence electrons.